The van der Waals surface area contributed by atoms with Crippen molar-refractivity contribution in [3.05, 3.63) is 29.8 Å². The number of aliphatic imine (C=N–C) groups is 1. The van der Waals surface area contributed by atoms with Gasteiger partial charge in [0.1, 0.15) is 0 Å². The Bertz CT molecular complexity index is 600. The van der Waals surface area contributed by atoms with Crippen molar-refractivity contribution in [3.8, 4) is 0 Å². The lowest BCUT2D eigenvalue weighted by Gasteiger charge is -2.22. The number of nitrogens with zero attached hydrogens (tertiary/aromatic N) is 3. The van der Waals surface area contributed by atoms with E-state index in [2.05, 4.69) is 51.3 Å². The molecule has 0 amide bonds. The van der Waals surface area contributed by atoms with Gasteiger partial charge in [-0.25, -0.2) is 0 Å². The van der Waals surface area contributed by atoms with E-state index in [1.165, 1.54) is 18.4 Å². The maximum Gasteiger partial charge on any atom is 0.310 e. The molecule has 1 aliphatic heterocycles. The normalized spacial score (nSPS) is 20.9. The third kappa shape index (κ3) is 4.19. The molecule has 2 rings (SSSR count). The number of methoxy groups -OCH3 is 1. The lowest BCUT2D eigenvalue weighted by Crippen LogP contribution is -2.40. The standard InChI is InChI=1S/C18H28N4O2/c1-13-11-22(12-16(13)17(23)24-5)18(19-2)20-10-14-7-6-8-15(9-14)21(3)4/h6-9,13,16H,10-12H2,1-5H3,(H,19,20). The molecule has 0 radical (unpaired) electrons. The number of hydrogen-bond acceptors (Lipinski definition) is 4. The molecule has 0 bridgehead atoms. The largest absolute Gasteiger partial charge is 0.469 e. The number of guanidine groups is 1. The molecule has 1 aliphatic rings. The minimum Gasteiger partial charge on any atom is -0.469 e. The van der Waals surface area contributed by atoms with E-state index in [4.69, 9.17) is 4.74 Å². The summed E-state index contributed by atoms with van der Waals surface area (Å²) in [4.78, 5) is 20.4. The van der Waals surface area contributed by atoms with E-state index in [1.807, 2.05) is 14.1 Å². The summed E-state index contributed by atoms with van der Waals surface area (Å²) in [6, 6.07) is 8.39. The van der Waals surface area contributed by atoms with Crippen molar-refractivity contribution in [2.75, 3.05) is 46.2 Å². The topological polar surface area (TPSA) is 57.2 Å². The molecule has 0 saturated carbocycles. The Morgan fingerprint density at radius 1 is 1.42 bits per heavy atom. The van der Waals surface area contributed by atoms with Crippen LogP contribution in [-0.2, 0) is 16.1 Å². The van der Waals surface area contributed by atoms with Gasteiger partial charge in [0.05, 0.1) is 13.0 Å². The van der Waals surface area contributed by atoms with Crippen LogP contribution in [0.5, 0.6) is 0 Å². The number of rotatable bonds is 4. The third-order valence-electron chi connectivity index (χ3n) is 4.51. The first kappa shape index (κ1) is 18.1. The molecule has 1 fully saturated rings. The number of nitrogens with one attached hydrogen (secondary N) is 1. The van der Waals surface area contributed by atoms with Crippen LogP contribution < -0.4 is 10.2 Å². The van der Waals surface area contributed by atoms with Crippen LogP contribution in [0.1, 0.15) is 12.5 Å². The second-order valence-electron chi connectivity index (χ2n) is 6.48. The summed E-state index contributed by atoms with van der Waals surface area (Å²) < 4.78 is 4.90. The molecular weight excluding hydrogens is 304 g/mol. The molecule has 1 heterocycles. The highest BCUT2D eigenvalue weighted by atomic mass is 16.5. The number of carbonyl (C=O) groups excluding carboxylic acids is 1. The summed E-state index contributed by atoms with van der Waals surface area (Å²) in [5, 5.41) is 3.40. The molecular formula is C18H28N4O2. The van der Waals surface area contributed by atoms with E-state index in [9.17, 15) is 4.79 Å². The van der Waals surface area contributed by atoms with Crippen LogP contribution in [0.2, 0.25) is 0 Å². The second kappa shape index (κ2) is 8.04. The monoisotopic (exact) mass is 332 g/mol. The quantitative estimate of drug-likeness (QED) is 0.515. The molecule has 1 saturated heterocycles. The van der Waals surface area contributed by atoms with E-state index < -0.39 is 0 Å². The zero-order valence-electron chi connectivity index (χ0n) is 15.2. The maximum atomic E-state index is 11.8. The third-order valence-corrected chi connectivity index (χ3v) is 4.51. The van der Waals surface area contributed by atoms with Gasteiger partial charge in [-0.1, -0.05) is 19.1 Å². The van der Waals surface area contributed by atoms with Crippen LogP contribution in [0.3, 0.4) is 0 Å². The Morgan fingerprint density at radius 3 is 2.79 bits per heavy atom. The lowest BCUT2D eigenvalue weighted by atomic mass is 9.99. The lowest BCUT2D eigenvalue weighted by molar-refractivity contribution is -0.145. The maximum absolute atomic E-state index is 11.8. The van der Waals surface area contributed by atoms with E-state index >= 15 is 0 Å². The Kier molecular flexibility index (Phi) is 6.06. The van der Waals surface area contributed by atoms with Crippen molar-refractivity contribution in [1.82, 2.24) is 10.2 Å². The SMILES string of the molecule is CN=C(NCc1cccc(N(C)C)c1)N1CC(C)C(C(=O)OC)C1. The molecule has 1 aromatic carbocycles. The zero-order chi connectivity index (χ0) is 17.7. The van der Waals surface area contributed by atoms with Crippen molar-refractivity contribution in [2.45, 2.75) is 13.5 Å². The Morgan fingerprint density at radius 2 is 2.17 bits per heavy atom. The fourth-order valence-electron chi connectivity index (χ4n) is 3.06. The van der Waals surface area contributed by atoms with Crippen LogP contribution >= 0.6 is 0 Å². The summed E-state index contributed by atoms with van der Waals surface area (Å²) in [5.74, 6) is 0.848. The minimum absolute atomic E-state index is 0.0920. The molecule has 0 aromatic heterocycles. The van der Waals surface area contributed by atoms with E-state index in [0.717, 1.165) is 12.5 Å². The average molecular weight is 332 g/mol. The van der Waals surface area contributed by atoms with Gasteiger partial charge in [0.2, 0.25) is 0 Å². The first-order valence-corrected chi connectivity index (χ1v) is 8.26. The predicted molar refractivity (Wildman–Crippen MR) is 97.2 cm³/mol. The van der Waals surface area contributed by atoms with Gasteiger partial charge < -0.3 is 19.9 Å². The number of carbonyl (C=O) groups is 1. The fourth-order valence-corrected chi connectivity index (χ4v) is 3.06. The van der Waals surface area contributed by atoms with Gasteiger partial charge in [-0.2, -0.15) is 0 Å². The number of hydrogen-bond donors (Lipinski definition) is 1. The highest BCUT2D eigenvalue weighted by molar-refractivity contribution is 5.82. The van der Waals surface area contributed by atoms with Crippen LogP contribution in [0.4, 0.5) is 5.69 Å². The van der Waals surface area contributed by atoms with Gasteiger partial charge in [-0.05, 0) is 23.6 Å². The number of anilines is 1. The Labute approximate surface area is 144 Å². The van der Waals surface area contributed by atoms with E-state index in [0.29, 0.717) is 13.1 Å². The first-order valence-electron chi connectivity index (χ1n) is 8.26. The van der Waals surface area contributed by atoms with Crippen LogP contribution in [0.15, 0.2) is 29.3 Å². The number of likely N-dealkylation sites (tertiary alicyclic amines) is 1. The molecule has 6 heteroatoms. The van der Waals surface area contributed by atoms with Gasteiger partial charge in [0.25, 0.3) is 0 Å². The van der Waals surface area contributed by atoms with Crippen molar-refractivity contribution in [3.63, 3.8) is 0 Å². The second-order valence-corrected chi connectivity index (χ2v) is 6.48. The average Bonchev–Trinajstić information content (AvgIpc) is 2.96. The number of benzene rings is 1. The van der Waals surface area contributed by atoms with Crippen molar-refractivity contribution >= 4 is 17.6 Å². The molecule has 0 spiro atoms. The van der Waals surface area contributed by atoms with Crippen LogP contribution in [-0.4, -0.2) is 58.2 Å². The summed E-state index contributed by atoms with van der Waals surface area (Å²) in [6.45, 7) is 4.22. The molecule has 6 nitrogen and oxygen atoms in total. The van der Waals surface area contributed by atoms with Gasteiger partial charge in [0.15, 0.2) is 5.96 Å². The molecule has 132 valence electrons. The summed E-state index contributed by atoms with van der Waals surface area (Å²) in [6.07, 6.45) is 0. The summed E-state index contributed by atoms with van der Waals surface area (Å²) in [7, 11) is 7.28. The van der Waals surface area contributed by atoms with Gasteiger partial charge in [-0.3, -0.25) is 9.79 Å². The Balaban J connectivity index is 1.98. The predicted octanol–water partition coefficient (Wildman–Crippen LogP) is 1.57. The van der Waals surface area contributed by atoms with Gasteiger partial charge in [-0.15, -0.1) is 0 Å². The highest BCUT2D eigenvalue weighted by Gasteiger charge is 2.36. The molecule has 24 heavy (non-hydrogen) atoms. The molecule has 1 aromatic rings. The number of ether oxygens (including phenoxy) is 1. The van der Waals surface area contributed by atoms with Crippen LogP contribution in [0.25, 0.3) is 0 Å². The zero-order valence-corrected chi connectivity index (χ0v) is 15.2. The summed E-state index contributed by atoms with van der Waals surface area (Å²) >= 11 is 0. The fraction of sp³-hybridized carbons (Fsp3) is 0.556. The van der Waals surface area contributed by atoms with E-state index in [-0.39, 0.29) is 17.8 Å². The number of esters is 1. The summed E-state index contributed by atoms with van der Waals surface area (Å²) in [5.41, 5.74) is 2.36. The smallest absolute Gasteiger partial charge is 0.310 e. The van der Waals surface area contributed by atoms with Crippen molar-refractivity contribution in [2.24, 2.45) is 16.8 Å². The van der Waals surface area contributed by atoms with Gasteiger partial charge >= 0.3 is 5.97 Å². The molecule has 2 atom stereocenters. The molecule has 0 aliphatic carbocycles. The van der Waals surface area contributed by atoms with Gasteiger partial charge in [0, 0.05) is 46.5 Å². The minimum atomic E-state index is -0.140. The van der Waals surface area contributed by atoms with Crippen LogP contribution in [0, 0.1) is 11.8 Å². The first-order chi connectivity index (χ1) is 11.5. The molecule has 1 N–H and O–H groups in total. The highest BCUT2D eigenvalue weighted by Crippen LogP contribution is 2.24. The molecule has 2 unspecified atom stereocenters. The van der Waals surface area contributed by atoms with Crippen molar-refractivity contribution in [1.29, 1.82) is 0 Å². The Hall–Kier alpha value is -2.24. The van der Waals surface area contributed by atoms with Crippen molar-refractivity contribution < 1.29 is 9.53 Å². The van der Waals surface area contributed by atoms with E-state index in [1.54, 1.807) is 7.05 Å².